The fourth-order valence-electron chi connectivity index (χ4n) is 2.21. The molecule has 128 valence electrons. The van der Waals surface area contributed by atoms with Crippen molar-refractivity contribution in [2.75, 3.05) is 20.2 Å². The molecule has 0 spiro atoms. The van der Waals surface area contributed by atoms with Gasteiger partial charge in [0.05, 0.1) is 26.2 Å². The maximum absolute atomic E-state index is 12.1. The van der Waals surface area contributed by atoms with Gasteiger partial charge in [-0.3, -0.25) is 9.59 Å². The van der Waals surface area contributed by atoms with Crippen molar-refractivity contribution in [1.29, 1.82) is 0 Å². The molecule has 0 fully saturated rings. The number of carbonyl (C=O) groups excluding carboxylic acids is 2. The van der Waals surface area contributed by atoms with E-state index in [9.17, 15) is 9.59 Å². The molecule has 0 heterocycles. The predicted molar refractivity (Wildman–Crippen MR) is 90.4 cm³/mol. The molecule has 1 aromatic rings. The van der Waals surface area contributed by atoms with E-state index in [-0.39, 0.29) is 30.9 Å². The van der Waals surface area contributed by atoms with E-state index in [1.807, 2.05) is 0 Å². The van der Waals surface area contributed by atoms with Crippen molar-refractivity contribution >= 4 is 23.4 Å². The number of halogens is 1. The maximum Gasteiger partial charge on any atom is 0.239 e. The average Bonchev–Trinajstić information content (AvgIpc) is 2.51. The summed E-state index contributed by atoms with van der Waals surface area (Å²) in [6.45, 7) is 3.86. The van der Waals surface area contributed by atoms with Gasteiger partial charge in [0.15, 0.2) is 0 Å². The van der Waals surface area contributed by atoms with Crippen LogP contribution in [0.15, 0.2) is 18.2 Å². The van der Waals surface area contributed by atoms with Gasteiger partial charge >= 0.3 is 0 Å². The molecule has 0 aliphatic rings. The lowest BCUT2D eigenvalue weighted by atomic mass is 9.96. The van der Waals surface area contributed by atoms with Crippen molar-refractivity contribution in [2.45, 2.75) is 26.3 Å². The normalized spacial score (nSPS) is 11.9. The van der Waals surface area contributed by atoms with Crippen LogP contribution in [-0.2, 0) is 9.59 Å². The van der Waals surface area contributed by atoms with Crippen LogP contribution >= 0.6 is 11.6 Å². The van der Waals surface area contributed by atoms with Crippen LogP contribution < -0.4 is 21.1 Å². The minimum absolute atomic E-state index is 0.118. The second-order valence-corrected chi connectivity index (χ2v) is 6.05. The molecule has 2 amide bonds. The van der Waals surface area contributed by atoms with Gasteiger partial charge in [-0.25, -0.2) is 0 Å². The summed E-state index contributed by atoms with van der Waals surface area (Å²) in [6, 6.07) is 5.03. The Morgan fingerprint density at radius 1 is 1.30 bits per heavy atom. The topological polar surface area (TPSA) is 93.5 Å². The molecule has 1 aromatic carbocycles. The van der Waals surface area contributed by atoms with E-state index >= 15 is 0 Å². The van der Waals surface area contributed by atoms with Gasteiger partial charge in [-0.1, -0.05) is 25.4 Å². The molecule has 1 atom stereocenters. The first-order valence-electron chi connectivity index (χ1n) is 7.47. The lowest BCUT2D eigenvalue weighted by Gasteiger charge is -2.23. The van der Waals surface area contributed by atoms with Gasteiger partial charge in [-0.15, -0.1) is 0 Å². The van der Waals surface area contributed by atoms with Crippen molar-refractivity contribution in [3.05, 3.63) is 28.8 Å². The van der Waals surface area contributed by atoms with Gasteiger partial charge < -0.3 is 21.1 Å². The number of benzene rings is 1. The number of hydrogen-bond acceptors (Lipinski definition) is 4. The summed E-state index contributed by atoms with van der Waals surface area (Å²) in [5.41, 5.74) is 6.01. The number of ether oxygens (including phenoxy) is 1. The Balaban J connectivity index is 2.90. The monoisotopic (exact) mass is 341 g/mol. The fraction of sp³-hybridized carbons (Fsp3) is 0.500. The first kappa shape index (κ1) is 19.3. The van der Waals surface area contributed by atoms with Crippen LogP contribution in [0.5, 0.6) is 5.75 Å². The molecule has 0 aliphatic heterocycles. The van der Waals surface area contributed by atoms with E-state index in [1.54, 1.807) is 25.3 Å². The maximum atomic E-state index is 12.1. The van der Waals surface area contributed by atoms with Crippen LogP contribution in [0.25, 0.3) is 0 Å². The third-order valence-corrected chi connectivity index (χ3v) is 3.48. The van der Waals surface area contributed by atoms with Crippen LogP contribution in [0.1, 0.15) is 31.9 Å². The van der Waals surface area contributed by atoms with Crippen LogP contribution in [0, 0.1) is 5.92 Å². The number of nitrogens with one attached hydrogen (secondary N) is 2. The molecule has 4 N–H and O–H groups in total. The zero-order valence-electron chi connectivity index (χ0n) is 13.7. The summed E-state index contributed by atoms with van der Waals surface area (Å²) in [5.74, 6) is 0.342. The van der Waals surface area contributed by atoms with E-state index in [0.717, 1.165) is 5.56 Å². The molecule has 0 saturated carbocycles. The van der Waals surface area contributed by atoms with Crippen molar-refractivity contribution in [3.8, 4) is 5.75 Å². The third kappa shape index (κ3) is 6.46. The molecule has 0 aromatic heterocycles. The van der Waals surface area contributed by atoms with Crippen LogP contribution in [0.3, 0.4) is 0 Å². The SMILES string of the molecule is COc1ccc(Cl)cc1C(CC(C)C)NC(=O)CNC(=O)CN. The summed E-state index contributed by atoms with van der Waals surface area (Å²) in [7, 11) is 1.57. The van der Waals surface area contributed by atoms with Crippen molar-refractivity contribution in [1.82, 2.24) is 10.6 Å². The third-order valence-electron chi connectivity index (χ3n) is 3.24. The van der Waals surface area contributed by atoms with Crippen molar-refractivity contribution < 1.29 is 14.3 Å². The van der Waals surface area contributed by atoms with Gasteiger partial charge in [-0.2, -0.15) is 0 Å². The van der Waals surface area contributed by atoms with Gasteiger partial charge in [0, 0.05) is 10.6 Å². The fourth-order valence-corrected chi connectivity index (χ4v) is 2.39. The Morgan fingerprint density at radius 2 is 2.00 bits per heavy atom. The quantitative estimate of drug-likeness (QED) is 0.670. The van der Waals surface area contributed by atoms with Crippen molar-refractivity contribution in [3.63, 3.8) is 0 Å². The first-order valence-corrected chi connectivity index (χ1v) is 7.84. The lowest BCUT2D eigenvalue weighted by Crippen LogP contribution is -2.41. The van der Waals surface area contributed by atoms with E-state index in [2.05, 4.69) is 24.5 Å². The van der Waals surface area contributed by atoms with E-state index < -0.39 is 0 Å². The second kappa shape index (κ2) is 9.37. The molecule has 1 unspecified atom stereocenters. The molecule has 0 bridgehead atoms. The minimum atomic E-state index is -0.374. The summed E-state index contributed by atoms with van der Waals surface area (Å²) >= 11 is 6.07. The molecule has 0 radical (unpaired) electrons. The van der Waals surface area contributed by atoms with E-state index in [0.29, 0.717) is 23.1 Å². The largest absolute Gasteiger partial charge is 0.496 e. The highest BCUT2D eigenvalue weighted by Gasteiger charge is 2.20. The summed E-state index contributed by atoms with van der Waals surface area (Å²) in [6.07, 6.45) is 0.716. The molecular weight excluding hydrogens is 318 g/mol. The Hall–Kier alpha value is -1.79. The second-order valence-electron chi connectivity index (χ2n) is 5.62. The summed E-state index contributed by atoms with van der Waals surface area (Å²) in [4.78, 5) is 23.2. The standard InChI is InChI=1S/C16H24ClN3O3/c1-10(2)6-13(20-16(22)9-19-15(21)8-18)12-7-11(17)4-5-14(12)23-3/h4-5,7,10,13H,6,8-9,18H2,1-3H3,(H,19,21)(H,20,22). The highest BCUT2D eigenvalue weighted by Crippen LogP contribution is 2.31. The summed E-state index contributed by atoms with van der Waals surface area (Å²) in [5, 5.41) is 5.93. The molecule has 0 saturated heterocycles. The Kier molecular flexibility index (Phi) is 7.85. The van der Waals surface area contributed by atoms with Gasteiger partial charge in [0.1, 0.15) is 5.75 Å². The Labute approximate surface area is 141 Å². The zero-order valence-corrected chi connectivity index (χ0v) is 14.4. The molecule has 7 heteroatoms. The highest BCUT2D eigenvalue weighted by atomic mass is 35.5. The number of nitrogens with two attached hydrogens (primary N) is 1. The average molecular weight is 342 g/mol. The molecule has 6 nitrogen and oxygen atoms in total. The smallest absolute Gasteiger partial charge is 0.239 e. The van der Waals surface area contributed by atoms with E-state index in [1.165, 1.54) is 0 Å². The number of amides is 2. The Morgan fingerprint density at radius 3 is 2.57 bits per heavy atom. The highest BCUT2D eigenvalue weighted by molar-refractivity contribution is 6.30. The molecular formula is C16H24ClN3O3. The lowest BCUT2D eigenvalue weighted by molar-refractivity contribution is -0.125. The first-order chi connectivity index (χ1) is 10.9. The van der Waals surface area contributed by atoms with Gasteiger partial charge in [0.25, 0.3) is 0 Å². The molecule has 0 aliphatic carbocycles. The van der Waals surface area contributed by atoms with Crippen LogP contribution in [0.4, 0.5) is 0 Å². The summed E-state index contributed by atoms with van der Waals surface area (Å²) < 4.78 is 5.36. The molecule has 23 heavy (non-hydrogen) atoms. The number of methoxy groups -OCH3 is 1. The molecule has 1 rings (SSSR count). The zero-order chi connectivity index (χ0) is 17.4. The van der Waals surface area contributed by atoms with Crippen LogP contribution in [-0.4, -0.2) is 32.0 Å². The Bertz CT molecular complexity index is 549. The van der Waals surface area contributed by atoms with Gasteiger partial charge in [-0.05, 0) is 30.5 Å². The van der Waals surface area contributed by atoms with Crippen LogP contribution in [0.2, 0.25) is 5.02 Å². The number of rotatable bonds is 8. The predicted octanol–water partition coefficient (Wildman–Crippen LogP) is 1.63. The number of carbonyl (C=O) groups is 2. The minimum Gasteiger partial charge on any atom is -0.496 e. The van der Waals surface area contributed by atoms with Gasteiger partial charge in [0.2, 0.25) is 11.8 Å². The van der Waals surface area contributed by atoms with E-state index in [4.69, 9.17) is 22.1 Å². The van der Waals surface area contributed by atoms with Crippen molar-refractivity contribution in [2.24, 2.45) is 11.7 Å². The number of hydrogen-bond donors (Lipinski definition) is 3.